The van der Waals surface area contributed by atoms with E-state index >= 15 is 0 Å². The molecule has 0 radical (unpaired) electrons. The lowest BCUT2D eigenvalue weighted by molar-refractivity contribution is -0.138. The summed E-state index contributed by atoms with van der Waals surface area (Å²) in [7, 11) is 3.47. The van der Waals surface area contributed by atoms with Gasteiger partial charge in [0.15, 0.2) is 11.5 Å². The number of hydrogen-bond donors (Lipinski definition) is 1. The van der Waals surface area contributed by atoms with Crippen LogP contribution in [-0.4, -0.2) is 66.2 Å². The van der Waals surface area contributed by atoms with Gasteiger partial charge >= 0.3 is 12.3 Å². The Labute approximate surface area is 213 Å². The van der Waals surface area contributed by atoms with Crippen LogP contribution in [0.25, 0.3) is 10.9 Å². The lowest BCUT2D eigenvalue weighted by Crippen LogP contribution is -2.48. The van der Waals surface area contributed by atoms with E-state index in [9.17, 15) is 18.0 Å². The molecule has 37 heavy (non-hydrogen) atoms. The Balaban J connectivity index is 1.68. The van der Waals surface area contributed by atoms with E-state index in [0.717, 1.165) is 19.2 Å². The minimum atomic E-state index is -4.45. The van der Waals surface area contributed by atoms with Crippen molar-refractivity contribution in [3.63, 3.8) is 0 Å². The van der Waals surface area contributed by atoms with E-state index in [-0.39, 0.29) is 11.3 Å². The summed E-state index contributed by atoms with van der Waals surface area (Å²) in [5.41, 5.74) is 0.507. The van der Waals surface area contributed by atoms with Crippen LogP contribution in [0.1, 0.15) is 35.5 Å². The second-order valence-corrected chi connectivity index (χ2v) is 9.18. The number of halogens is 3. The number of aryl methyl sites for hydroxylation is 1. The minimum Gasteiger partial charge on any atom is -0.493 e. The van der Waals surface area contributed by atoms with E-state index in [0.29, 0.717) is 46.9 Å². The molecule has 1 atom stereocenters. The maximum absolute atomic E-state index is 13.5. The molecule has 0 bridgehead atoms. The summed E-state index contributed by atoms with van der Waals surface area (Å²) in [5, 5.41) is 3.78. The van der Waals surface area contributed by atoms with Crippen LogP contribution in [0.2, 0.25) is 0 Å². The van der Waals surface area contributed by atoms with Crippen molar-refractivity contribution >= 4 is 22.8 Å². The quantitative estimate of drug-likeness (QED) is 0.499. The van der Waals surface area contributed by atoms with E-state index in [4.69, 9.17) is 9.47 Å². The van der Waals surface area contributed by atoms with Gasteiger partial charge in [-0.2, -0.15) is 13.2 Å². The number of nitrogens with zero attached hydrogens (tertiary/aromatic N) is 4. The molecule has 2 aromatic carbocycles. The SMILES string of the molecule is COc1cc2nc(C)nc(N[C@H](C)c3cccc(C(F)(F)F)c3C)c2cc1OC(=O)N1CCN(C)CC1. The zero-order valence-corrected chi connectivity index (χ0v) is 21.4. The highest BCUT2D eigenvalue weighted by atomic mass is 19.4. The molecule has 0 spiro atoms. The standard InChI is InChI=1S/C26H30F3N5O3/c1-15-18(7-6-8-20(15)26(27,28)29)16(2)30-24-19-13-23(22(36-5)14-21(19)31-17(3)32-24)37-25(35)34-11-9-33(4)10-12-34/h6-8,13-14,16H,9-12H2,1-5H3,(H,30,31,32)/t16-/m1/s1. The zero-order valence-electron chi connectivity index (χ0n) is 21.4. The number of carbonyl (C=O) groups excluding carboxylic acids is 1. The Morgan fingerprint density at radius 2 is 1.78 bits per heavy atom. The van der Waals surface area contributed by atoms with E-state index in [1.165, 1.54) is 20.1 Å². The van der Waals surface area contributed by atoms with Gasteiger partial charge in [0.05, 0.1) is 24.2 Å². The molecule has 1 amide bonds. The van der Waals surface area contributed by atoms with E-state index in [2.05, 4.69) is 20.2 Å². The zero-order chi connectivity index (χ0) is 26.9. The fourth-order valence-corrected chi connectivity index (χ4v) is 4.46. The molecule has 0 unspecified atom stereocenters. The van der Waals surface area contributed by atoms with Crippen molar-refractivity contribution in [2.45, 2.75) is 33.0 Å². The number of amides is 1. The van der Waals surface area contributed by atoms with Gasteiger partial charge < -0.3 is 24.6 Å². The molecule has 3 aromatic rings. The number of aromatic nitrogens is 2. The number of likely N-dealkylation sites (N-methyl/N-ethyl adjacent to an activating group) is 1. The topological polar surface area (TPSA) is 79.8 Å². The van der Waals surface area contributed by atoms with Crippen molar-refractivity contribution in [2.24, 2.45) is 0 Å². The van der Waals surface area contributed by atoms with Crippen LogP contribution in [0.15, 0.2) is 30.3 Å². The third-order valence-electron chi connectivity index (χ3n) is 6.55. The predicted octanol–water partition coefficient (Wildman–Crippen LogP) is 5.19. The first-order chi connectivity index (χ1) is 17.5. The van der Waals surface area contributed by atoms with Crippen LogP contribution in [0.3, 0.4) is 0 Å². The Bertz CT molecular complexity index is 1310. The number of piperazine rings is 1. The molecule has 1 saturated heterocycles. The predicted molar refractivity (Wildman–Crippen MR) is 134 cm³/mol. The van der Waals surface area contributed by atoms with Crippen molar-refractivity contribution in [1.82, 2.24) is 19.8 Å². The van der Waals surface area contributed by atoms with Crippen molar-refractivity contribution < 1.29 is 27.4 Å². The number of ether oxygens (including phenoxy) is 2. The number of hydrogen-bond acceptors (Lipinski definition) is 7. The molecule has 1 N–H and O–H groups in total. The Hall–Kier alpha value is -3.60. The number of anilines is 1. The number of methoxy groups -OCH3 is 1. The number of rotatable bonds is 5. The number of carbonyl (C=O) groups is 1. The molecular weight excluding hydrogens is 487 g/mol. The third-order valence-corrected chi connectivity index (χ3v) is 6.55. The van der Waals surface area contributed by atoms with Gasteiger partial charge in [0.25, 0.3) is 0 Å². The molecule has 2 heterocycles. The molecule has 198 valence electrons. The largest absolute Gasteiger partial charge is 0.493 e. The van der Waals surface area contributed by atoms with Crippen molar-refractivity contribution in [3.8, 4) is 11.5 Å². The van der Waals surface area contributed by atoms with Crippen molar-refractivity contribution in [1.29, 1.82) is 0 Å². The molecule has 1 aliphatic rings. The first-order valence-corrected chi connectivity index (χ1v) is 11.9. The molecule has 8 nitrogen and oxygen atoms in total. The maximum atomic E-state index is 13.5. The Kier molecular flexibility index (Phi) is 7.44. The van der Waals surface area contributed by atoms with Crippen LogP contribution in [0, 0.1) is 13.8 Å². The molecule has 0 saturated carbocycles. The lowest BCUT2D eigenvalue weighted by Gasteiger charge is -2.31. The van der Waals surface area contributed by atoms with Gasteiger partial charge in [-0.15, -0.1) is 0 Å². The van der Waals surface area contributed by atoms with Crippen LogP contribution in [0.4, 0.5) is 23.8 Å². The fraction of sp³-hybridized carbons (Fsp3) is 0.423. The number of fused-ring (bicyclic) bond motifs is 1. The molecule has 1 aliphatic heterocycles. The first-order valence-electron chi connectivity index (χ1n) is 11.9. The Morgan fingerprint density at radius 1 is 1.08 bits per heavy atom. The average molecular weight is 518 g/mol. The smallest absolute Gasteiger partial charge is 0.416 e. The number of alkyl halides is 3. The van der Waals surface area contributed by atoms with Gasteiger partial charge in [-0.05, 0) is 51.1 Å². The van der Waals surface area contributed by atoms with Gasteiger partial charge in [-0.3, -0.25) is 0 Å². The average Bonchev–Trinajstić information content (AvgIpc) is 2.83. The van der Waals surface area contributed by atoms with Gasteiger partial charge in [0.1, 0.15) is 11.6 Å². The summed E-state index contributed by atoms with van der Waals surface area (Å²) in [6, 6.07) is 6.90. The molecule has 1 fully saturated rings. The highest BCUT2D eigenvalue weighted by Crippen LogP contribution is 2.38. The molecule has 1 aromatic heterocycles. The van der Waals surface area contributed by atoms with Crippen LogP contribution in [-0.2, 0) is 6.18 Å². The fourth-order valence-electron chi connectivity index (χ4n) is 4.46. The Morgan fingerprint density at radius 3 is 2.43 bits per heavy atom. The maximum Gasteiger partial charge on any atom is 0.416 e. The number of benzene rings is 2. The summed E-state index contributed by atoms with van der Waals surface area (Å²) >= 11 is 0. The summed E-state index contributed by atoms with van der Waals surface area (Å²) < 4.78 is 51.5. The van der Waals surface area contributed by atoms with Crippen molar-refractivity contribution in [3.05, 3.63) is 52.8 Å². The van der Waals surface area contributed by atoms with E-state index < -0.39 is 23.9 Å². The summed E-state index contributed by atoms with van der Waals surface area (Å²) in [4.78, 5) is 25.6. The normalized spacial score (nSPS) is 15.5. The highest BCUT2D eigenvalue weighted by Gasteiger charge is 2.33. The highest BCUT2D eigenvalue weighted by molar-refractivity contribution is 5.92. The summed E-state index contributed by atoms with van der Waals surface area (Å²) in [5.74, 6) is 1.41. The lowest BCUT2D eigenvalue weighted by atomic mass is 9.97. The monoisotopic (exact) mass is 517 g/mol. The van der Waals surface area contributed by atoms with Gasteiger partial charge in [-0.1, -0.05) is 12.1 Å². The van der Waals surface area contributed by atoms with Gasteiger partial charge in [0, 0.05) is 37.6 Å². The van der Waals surface area contributed by atoms with Gasteiger partial charge in [-0.25, -0.2) is 14.8 Å². The minimum absolute atomic E-state index is 0.147. The third kappa shape index (κ3) is 5.71. The second-order valence-electron chi connectivity index (χ2n) is 9.18. The first kappa shape index (κ1) is 26.5. The molecular formula is C26H30F3N5O3. The summed E-state index contributed by atoms with van der Waals surface area (Å²) in [6.45, 7) is 7.54. The van der Waals surface area contributed by atoms with E-state index in [1.54, 1.807) is 36.9 Å². The van der Waals surface area contributed by atoms with Crippen LogP contribution >= 0.6 is 0 Å². The van der Waals surface area contributed by atoms with Crippen LogP contribution < -0.4 is 14.8 Å². The van der Waals surface area contributed by atoms with Gasteiger partial charge in [0.2, 0.25) is 0 Å². The summed E-state index contributed by atoms with van der Waals surface area (Å²) in [6.07, 6.45) is -4.93. The van der Waals surface area contributed by atoms with E-state index in [1.807, 2.05) is 7.05 Å². The number of nitrogens with one attached hydrogen (secondary N) is 1. The van der Waals surface area contributed by atoms with Crippen molar-refractivity contribution in [2.75, 3.05) is 45.7 Å². The molecule has 0 aliphatic carbocycles. The second kappa shape index (κ2) is 10.4. The molecule has 4 rings (SSSR count). The van der Waals surface area contributed by atoms with Crippen LogP contribution in [0.5, 0.6) is 11.5 Å². The molecule has 11 heteroatoms.